The van der Waals surface area contributed by atoms with Crippen LogP contribution < -0.4 is 5.46 Å². The van der Waals surface area contributed by atoms with Crippen LogP contribution in [0.3, 0.4) is 0 Å². The maximum absolute atomic E-state index is 13.0. The first kappa shape index (κ1) is 23.1. The summed E-state index contributed by atoms with van der Waals surface area (Å²) in [5, 5.41) is 0. The molecule has 1 saturated carbocycles. The molecule has 0 spiro atoms. The van der Waals surface area contributed by atoms with Gasteiger partial charge in [-0.25, -0.2) is 9.78 Å². The molecule has 8 heteroatoms. The number of carbonyl (C=O) groups excluding carboxylic acids is 1. The van der Waals surface area contributed by atoms with Crippen molar-refractivity contribution in [1.29, 1.82) is 0 Å². The third-order valence-electron chi connectivity index (χ3n) is 8.38. The summed E-state index contributed by atoms with van der Waals surface area (Å²) in [6.45, 7) is 14.1. The fourth-order valence-corrected chi connectivity index (χ4v) is 5.71. The molecule has 35 heavy (non-hydrogen) atoms. The zero-order chi connectivity index (χ0) is 24.9. The highest BCUT2D eigenvalue weighted by molar-refractivity contribution is 6.62. The van der Waals surface area contributed by atoms with E-state index in [0.29, 0.717) is 5.92 Å². The molecule has 0 radical (unpaired) electrons. The lowest BCUT2D eigenvalue weighted by Crippen LogP contribution is -2.41. The summed E-state index contributed by atoms with van der Waals surface area (Å²) in [6, 6.07) is 6.72. The predicted octanol–water partition coefficient (Wildman–Crippen LogP) is 4.54. The van der Waals surface area contributed by atoms with E-state index in [9.17, 15) is 4.79 Å². The molecule has 3 atom stereocenters. The molecular weight excluding hydrogens is 441 g/mol. The number of hydrogen-bond donors (Lipinski definition) is 1. The molecule has 3 heterocycles. The summed E-state index contributed by atoms with van der Waals surface area (Å²) in [7, 11) is -0.364. The fraction of sp³-hybridized carbons (Fsp3) is 0.630. The molecule has 1 aromatic heterocycles. The molecule has 7 nitrogen and oxygen atoms in total. The molecule has 186 valence electrons. The van der Waals surface area contributed by atoms with Crippen molar-refractivity contribution in [2.24, 2.45) is 5.92 Å². The number of rotatable bonds is 2. The van der Waals surface area contributed by atoms with Crippen LogP contribution in [0.2, 0.25) is 0 Å². The van der Waals surface area contributed by atoms with Crippen LogP contribution in [0.25, 0.3) is 11.3 Å². The number of hydrogen-bond acceptors (Lipinski definition) is 5. The lowest BCUT2D eigenvalue weighted by molar-refractivity contribution is 0.00578. The third-order valence-corrected chi connectivity index (χ3v) is 8.38. The second-order valence-electron chi connectivity index (χ2n) is 12.7. The Balaban J connectivity index is 1.27. The van der Waals surface area contributed by atoms with Gasteiger partial charge in [-0.2, -0.15) is 0 Å². The maximum atomic E-state index is 13.0. The van der Waals surface area contributed by atoms with Crippen molar-refractivity contribution >= 4 is 18.7 Å². The molecule has 1 aromatic carbocycles. The number of fused-ring (bicyclic) bond motifs is 4. The number of imidazole rings is 1. The molecule has 4 aliphatic rings. The van der Waals surface area contributed by atoms with Crippen LogP contribution in [0.4, 0.5) is 4.79 Å². The van der Waals surface area contributed by atoms with Crippen LogP contribution in [-0.2, 0) is 26.9 Å². The Morgan fingerprint density at radius 3 is 2.54 bits per heavy atom. The Hall–Kier alpha value is -2.32. The Morgan fingerprint density at radius 1 is 1.14 bits per heavy atom. The maximum Gasteiger partial charge on any atom is 0.494 e. The van der Waals surface area contributed by atoms with Crippen molar-refractivity contribution in [2.75, 3.05) is 0 Å². The van der Waals surface area contributed by atoms with Crippen molar-refractivity contribution in [3.63, 3.8) is 0 Å². The normalized spacial score (nSPS) is 27.9. The molecule has 2 aromatic rings. The van der Waals surface area contributed by atoms with Crippen LogP contribution in [-0.4, -0.2) is 50.9 Å². The number of nitrogens with zero attached hydrogens (tertiary/aromatic N) is 2. The lowest BCUT2D eigenvalue weighted by atomic mass is 9.76. The summed E-state index contributed by atoms with van der Waals surface area (Å²) < 4.78 is 18.3. The number of aromatic nitrogens is 2. The molecule has 1 N–H and O–H groups in total. The average molecular weight is 477 g/mol. The van der Waals surface area contributed by atoms with Crippen LogP contribution in [0.5, 0.6) is 0 Å². The van der Waals surface area contributed by atoms with Crippen molar-refractivity contribution < 1.29 is 18.8 Å². The van der Waals surface area contributed by atoms with E-state index >= 15 is 0 Å². The van der Waals surface area contributed by atoms with Crippen LogP contribution in [0.15, 0.2) is 18.2 Å². The average Bonchev–Trinajstić information content (AvgIpc) is 3.12. The first-order chi connectivity index (χ1) is 16.3. The number of benzene rings is 1. The van der Waals surface area contributed by atoms with Crippen molar-refractivity contribution in [3.8, 4) is 11.3 Å². The number of likely N-dealkylation sites (tertiary alicyclic amines) is 1. The summed E-state index contributed by atoms with van der Waals surface area (Å²) in [5.74, 6) is 1.44. The number of nitrogens with one attached hydrogen (secondary N) is 1. The molecule has 1 amide bonds. The molecule has 2 aliphatic heterocycles. The second-order valence-corrected chi connectivity index (χ2v) is 12.7. The van der Waals surface area contributed by atoms with E-state index in [-0.39, 0.29) is 36.5 Å². The number of ether oxygens (including phenoxy) is 1. The lowest BCUT2D eigenvalue weighted by Gasteiger charge is -2.32. The monoisotopic (exact) mass is 477 g/mol. The minimum Gasteiger partial charge on any atom is -0.444 e. The van der Waals surface area contributed by atoms with Gasteiger partial charge >= 0.3 is 13.2 Å². The summed E-state index contributed by atoms with van der Waals surface area (Å²) in [5.41, 5.74) is 4.44. The van der Waals surface area contributed by atoms with Gasteiger partial charge in [-0.3, -0.25) is 4.90 Å². The predicted molar refractivity (Wildman–Crippen MR) is 134 cm³/mol. The number of amides is 1. The van der Waals surface area contributed by atoms with Crippen molar-refractivity contribution in [3.05, 3.63) is 35.3 Å². The van der Waals surface area contributed by atoms with E-state index in [1.54, 1.807) is 0 Å². The van der Waals surface area contributed by atoms with Gasteiger partial charge in [0.1, 0.15) is 11.4 Å². The van der Waals surface area contributed by atoms with Gasteiger partial charge in [0, 0.05) is 11.6 Å². The van der Waals surface area contributed by atoms with E-state index in [1.165, 1.54) is 11.1 Å². The summed E-state index contributed by atoms with van der Waals surface area (Å²) in [4.78, 5) is 23.6. The number of carbonyl (C=O) groups is 1. The van der Waals surface area contributed by atoms with Crippen LogP contribution in [0.1, 0.15) is 84.4 Å². The standard InChI is InChI=1S/C27H36BN3O4/c1-25(2,3)33-24(32)31-20-13-16(20)14-21(31)23-29-19-11-8-15-12-17(9-10-18(15)22(19)30-23)28-34-26(4,5)27(6,7)35-28/h9-10,12,16,20-21H,8,11,13-14H2,1-7H3,(H,29,30)/t16-,20-,21+/m1/s1. The molecule has 2 aliphatic carbocycles. The van der Waals surface area contributed by atoms with E-state index in [2.05, 4.69) is 50.9 Å². The summed E-state index contributed by atoms with van der Waals surface area (Å²) >= 11 is 0. The van der Waals surface area contributed by atoms with Gasteiger partial charge in [0.2, 0.25) is 0 Å². The highest BCUT2D eigenvalue weighted by Gasteiger charge is 2.56. The first-order valence-corrected chi connectivity index (χ1v) is 12.9. The van der Waals surface area contributed by atoms with Gasteiger partial charge in [-0.15, -0.1) is 0 Å². The van der Waals surface area contributed by atoms with Gasteiger partial charge < -0.3 is 19.0 Å². The topological polar surface area (TPSA) is 76.7 Å². The zero-order valence-corrected chi connectivity index (χ0v) is 21.9. The number of aryl methyl sites for hydroxylation is 2. The van der Waals surface area contributed by atoms with Gasteiger partial charge in [-0.1, -0.05) is 18.2 Å². The SMILES string of the molecule is CC(C)(C)OC(=O)N1[C@@H]2C[C@@H]2C[C@H]1c1nc2c([nH]1)-c1ccc(B3OC(C)(C)C(C)(C)O3)cc1CC2. The molecule has 0 bridgehead atoms. The zero-order valence-electron chi connectivity index (χ0n) is 21.9. The Morgan fingerprint density at radius 2 is 1.86 bits per heavy atom. The quantitative estimate of drug-likeness (QED) is 0.643. The molecule has 3 fully saturated rings. The highest BCUT2D eigenvalue weighted by Crippen LogP contribution is 2.53. The molecule has 0 unspecified atom stereocenters. The third kappa shape index (κ3) is 3.80. The Labute approximate surface area is 208 Å². The Bertz CT molecular complexity index is 1180. The van der Waals surface area contributed by atoms with Gasteiger partial charge in [0.25, 0.3) is 0 Å². The second kappa shape index (κ2) is 7.36. The van der Waals surface area contributed by atoms with Crippen molar-refractivity contribution in [2.45, 2.75) is 103 Å². The minimum absolute atomic E-state index is 0.0494. The van der Waals surface area contributed by atoms with Gasteiger partial charge in [-0.05, 0) is 91.1 Å². The minimum atomic E-state index is -0.509. The number of aromatic amines is 1. The molecular formula is C27H36BN3O4. The number of H-pyrrole nitrogens is 1. The van der Waals surface area contributed by atoms with E-state index in [0.717, 1.165) is 48.4 Å². The fourth-order valence-electron chi connectivity index (χ4n) is 5.71. The molecule has 6 rings (SSSR count). The van der Waals surface area contributed by atoms with E-state index in [4.69, 9.17) is 19.0 Å². The number of piperidine rings is 1. The van der Waals surface area contributed by atoms with Gasteiger partial charge in [0.15, 0.2) is 0 Å². The van der Waals surface area contributed by atoms with E-state index < -0.39 is 5.60 Å². The van der Waals surface area contributed by atoms with Crippen LogP contribution in [0, 0.1) is 5.92 Å². The van der Waals surface area contributed by atoms with Crippen molar-refractivity contribution in [1.82, 2.24) is 14.9 Å². The first-order valence-electron chi connectivity index (χ1n) is 12.9. The molecule has 2 saturated heterocycles. The highest BCUT2D eigenvalue weighted by atomic mass is 16.7. The summed E-state index contributed by atoms with van der Waals surface area (Å²) in [6.07, 6.45) is 3.59. The van der Waals surface area contributed by atoms with Gasteiger partial charge in [0.05, 0.1) is 28.6 Å². The van der Waals surface area contributed by atoms with E-state index in [1.807, 2.05) is 25.7 Å². The Kier molecular flexibility index (Phi) is 4.86. The largest absolute Gasteiger partial charge is 0.494 e. The smallest absolute Gasteiger partial charge is 0.444 e. The van der Waals surface area contributed by atoms with Crippen LogP contribution >= 0.6 is 0 Å².